The fraction of sp³-hybridized carbons (Fsp3) is 0.316. The number of nitrogens with two attached hydrogens (primary N) is 3. The lowest BCUT2D eigenvalue weighted by Gasteiger charge is -2.39. The molecule has 0 bridgehead atoms. The highest BCUT2D eigenvalue weighted by atomic mass is 35.5. The average molecular weight is 462 g/mol. The molecule has 3 rings (SSSR count). The van der Waals surface area contributed by atoms with Gasteiger partial charge in [-0.15, -0.1) is 0 Å². The highest BCUT2D eigenvalue weighted by Crippen LogP contribution is 2.27. The lowest BCUT2D eigenvalue weighted by molar-refractivity contribution is -0.116. The third kappa shape index (κ3) is 4.91. The van der Waals surface area contributed by atoms with Crippen LogP contribution in [-0.4, -0.2) is 63.1 Å². The summed E-state index contributed by atoms with van der Waals surface area (Å²) < 4.78 is 0. The van der Waals surface area contributed by atoms with Gasteiger partial charge in [-0.3, -0.25) is 19.9 Å². The molecule has 1 aromatic rings. The van der Waals surface area contributed by atoms with Crippen molar-refractivity contribution in [3.05, 3.63) is 47.8 Å². The zero-order valence-electron chi connectivity index (χ0n) is 17.1. The Kier molecular flexibility index (Phi) is 6.53. The summed E-state index contributed by atoms with van der Waals surface area (Å²) in [5.74, 6) is -1.33. The molecule has 1 fully saturated rings. The van der Waals surface area contributed by atoms with Crippen LogP contribution in [0, 0.1) is 0 Å². The standard InChI is InChI=1S/C19H24ClN9O3/c1-10(21)14(20)26-13(15(22)23)16(31)27-18-25-9-19(28-18)4-7-29(8-5-19)17(32)12-11(30)3-2-6-24-12/h2-3,6,30H,1,4-5,7-9,21-23H2,(H2,25,27,28,31). The molecule has 1 spiro atoms. The maximum absolute atomic E-state index is 12.6. The van der Waals surface area contributed by atoms with Crippen LogP contribution in [0.15, 0.2) is 52.1 Å². The smallest absolute Gasteiger partial charge is 0.280 e. The lowest BCUT2D eigenvalue weighted by atomic mass is 9.88. The van der Waals surface area contributed by atoms with Crippen LogP contribution in [0.1, 0.15) is 23.3 Å². The number of aromatic hydroxyl groups is 1. The van der Waals surface area contributed by atoms with Gasteiger partial charge in [0.25, 0.3) is 11.8 Å². The molecule has 13 heteroatoms. The number of allylic oxidation sites excluding steroid dienone is 1. The number of hydrogen-bond acceptors (Lipinski definition) is 10. The summed E-state index contributed by atoms with van der Waals surface area (Å²) in [6, 6.07) is 2.97. The Hall–Kier alpha value is -3.80. The number of aliphatic imine (C=N–C) groups is 2. The number of nitrogens with one attached hydrogen (secondary N) is 2. The van der Waals surface area contributed by atoms with E-state index in [-0.39, 0.29) is 45.7 Å². The van der Waals surface area contributed by atoms with Crippen LogP contribution in [0.2, 0.25) is 0 Å². The molecule has 0 unspecified atom stereocenters. The molecule has 2 amide bonds. The van der Waals surface area contributed by atoms with E-state index in [1.165, 1.54) is 12.3 Å². The number of rotatable bonds is 4. The largest absolute Gasteiger partial charge is 0.505 e. The number of hydrogen-bond donors (Lipinski definition) is 6. The monoisotopic (exact) mass is 461 g/mol. The molecule has 2 aliphatic rings. The Morgan fingerprint density at radius 1 is 1.31 bits per heavy atom. The van der Waals surface area contributed by atoms with Crippen molar-refractivity contribution in [1.82, 2.24) is 20.5 Å². The number of aromatic nitrogens is 1. The number of piperidine rings is 1. The predicted octanol–water partition coefficient (Wildman–Crippen LogP) is -0.966. The van der Waals surface area contributed by atoms with E-state index in [2.05, 4.69) is 32.2 Å². The van der Waals surface area contributed by atoms with E-state index in [0.29, 0.717) is 32.5 Å². The summed E-state index contributed by atoms with van der Waals surface area (Å²) >= 11 is 5.83. The lowest BCUT2D eigenvalue weighted by Crippen LogP contribution is -2.57. The summed E-state index contributed by atoms with van der Waals surface area (Å²) in [5.41, 5.74) is 15.8. The molecule has 0 saturated carbocycles. The molecule has 0 aromatic carbocycles. The van der Waals surface area contributed by atoms with E-state index in [1.807, 2.05) is 0 Å². The second kappa shape index (κ2) is 9.14. The zero-order valence-corrected chi connectivity index (χ0v) is 17.9. The van der Waals surface area contributed by atoms with Crippen molar-refractivity contribution in [1.29, 1.82) is 0 Å². The molecule has 0 atom stereocenters. The third-order valence-electron chi connectivity index (χ3n) is 5.12. The molecule has 12 nitrogen and oxygen atoms in total. The first-order valence-corrected chi connectivity index (χ1v) is 10.0. The van der Waals surface area contributed by atoms with Gasteiger partial charge in [-0.2, -0.15) is 0 Å². The Morgan fingerprint density at radius 3 is 2.59 bits per heavy atom. The number of carbonyl (C=O) groups is 2. The molecule has 3 heterocycles. The van der Waals surface area contributed by atoms with Gasteiger partial charge in [0.2, 0.25) is 0 Å². The van der Waals surface area contributed by atoms with Gasteiger partial charge in [-0.05, 0) is 25.0 Å². The Balaban J connectivity index is 1.60. The third-order valence-corrected chi connectivity index (χ3v) is 5.44. The molecular formula is C19H24ClN9O3. The van der Waals surface area contributed by atoms with Crippen molar-refractivity contribution in [2.24, 2.45) is 27.2 Å². The van der Waals surface area contributed by atoms with Gasteiger partial charge < -0.3 is 32.5 Å². The quantitative estimate of drug-likeness (QED) is 0.243. The Labute approximate surface area is 188 Å². The van der Waals surface area contributed by atoms with E-state index < -0.39 is 11.4 Å². The van der Waals surface area contributed by atoms with Crippen LogP contribution in [0.3, 0.4) is 0 Å². The highest BCUT2D eigenvalue weighted by Gasteiger charge is 2.40. The van der Waals surface area contributed by atoms with Gasteiger partial charge in [-0.1, -0.05) is 18.2 Å². The van der Waals surface area contributed by atoms with Crippen molar-refractivity contribution in [3.8, 4) is 5.75 Å². The molecule has 1 saturated heterocycles. The normalized spacial score (nSPS) is 17.3. The van der Waals surface area contributed by atoms with E-state index >= 15 is 0 Å². The first-order chi connectivity index (χ1) is 15.1. The van der Waals surface area contributed by atoms with Gasteiger partial charge in [0.15, 0.2) is 22.5 Å². The maximum atomic E-state index is 12.6. The minimum absolute atomic E-state index is 0.0186. The SMILES string of the molecule is C=C(N)C(Cl)=NC(C(=O)NC1=NCC2(CCN(C(=O)c3ncccc3O)CC2)N1)=C(N)N. The first kappa shape index (κ1) is 22.9. The van der Waals surface area contributed by atoms with E-state index in [9.17, 15) is 14.7 Å². The molecule has 1 aromatic heterocycles. The average Bonchev–Trinajstić information content (AvgIpc) is 3.13. The van der Waals surface area contributed by atoms with E-state index in [1.54, 1.807) is 11.0 Å². The fourth-order valence-electron chi connectivity index (χ4n) is 3.35. The summed E-state index contributed by atoms with van der Waals surface area (Å²) in [7, 11) is 0. The second-order valence-electron chi connectivity index (χ2n) is 7.42. The molecule has 2 aliphatic heterocycles. The summed E-state index contributed by atoms with van der Waals surface area (Å²) in [4.78, 5) is 38.9. The number of nitrogens with zero attached hydrogens (tertiary/aromatic N) is 4. The van der Waals surface area contributed by atoms with Crippen molar-refractivity contribution in [3.63, 3.8) is 0 Å². The summed E-state index contributed by atoms with van der Waals surface area (Å²) in [5, 5.41) is 15.4. The van der Waals surface area contributed by atoms with E-state index in [4.69, 9.17) is 28.8 Å². The molecule has 0 radical (unpaired) electrons. The number of amides is 2. The van der Waals surface area contributed by atoms with Crippen LogP contribution >= 0.6 is 11.6 Å². The van der Waals surface area contributed by atoms with Crippen LogP contribution in [0.4, 0.5) is 0 Å². The number of guanidine groups is 1. The minimum atomic E-state index is -0.717. The van der Waals surface area contributed by atoms with Gasteiger partial charge in [0, 0.05) is 19.3 Å². The van der Waals surface area contributed by atoms with Gasteiger partial charge >= 0.3 is 0 Å². The van der Waals surface area contributed by atoms with Crippen LogP contribution in [-0.2, 0) is 4.79 Å². The molecule has 9 N–H and O–H groups in total. The molecule has 0 aliphatic carbocycles. The first-order valence-electron chi connectivity index (χ1n) is 9.63. The van der Waals surface area contributed by atoms with Crippen molar-refractivity contribution in [2.45, 2.75) is 18.4 Å². The zero-order chi connectivity index (χ0) is 23.5. The summed E-state index contributed by atoms with van der Waals surface area (Å²) in [6.45, 7) is 4.69. The Morgan fingerprint density at radius 2 is 2.00 bits per heavy atom. The van der Waals surface area contributed by atoms with Crippen molar-refractivity contribution in [2.75, 3.05) is 19.6 Å². The van der Waals surface area contributed by atoms with Crippen molar-refractivity contribution >= 4 is 34.5 Å². The predicted molar refractivity (Wildman–Crippen MR) is 119 cm³/mol. The highest BCUT2D eigenvalue weighted by molar-refractivity contribution is 6.69. The number of pyridine rings is 1. The second-order valence-corrected chi connectivity index (χ2v) is 7.78. The maximum Gasteiger partial charge on any atom is 0.280 e. The van der Waals surface area contributed by atoms with Gasteiger partial charge in [0.05, 0.1) is 17.8 Å². The molecule has 170 valence electrons. The molecular weight excluding hydrogens is 438 g/mol. The van der Waals surface area contributed by atoms with Crippen LogP contribution in [0.5, 0.6) is 5.75 Å². The summed E-state index contributed by atoms with van der Waals surface area (Å²) in [6.07, 6.45) is 2.61. The molecule has 32 heavy (non-hydrogen) atoms. The minimum Gasteiger partial charge on any atom is -0.505 e. The number of halogens is 1. The topological polar surface area (TPSA) is 197 Å². The Bertz CT molecular complexity index is 1040. The van der Waals surface area contributed by atoms with Crippen molar-refractivity contribution < 1.29 is 14.7 Å². The van der Waals surface area contributed by atoms with Gasteiger partial charge in [-0.25, -0.2) is 9.98 Å². The number of likely N-dealkylation sites (tertiary alicyclic amines) is 1. The van der Waals surface area contributed by atoms with E-state index in [0.717, 1.165) is 0 Å². The fourth-order valence-corrected chi connectivity index (χ4v) is 3.43. The van der Waals surface area contributed by atoms with Gasteiger partial charge in [0.1, 0.15) is 11.6 Å². The van der Waals surface area contributed by atoms with Crippen LogP contribution in [0.25, 0.3) is 0 Å². The van der Waals surface area contributed by atoms with Crippen LogP contribution < -0.4 is 27.8 Å². The number of carbonyl (C=O) groups excluding carboxylic acids is 2.